The molecule has 5 nitrogen and oxygen atoms in total. The molecular weight excluding hydrogens is 344 g/mol. The molecule has 0 saturated carbocycles. The van der Waals surface area contributed by atoms with Gasteiger partial charge in [-0.3, -0.25) is 9.59 Å². The van der Waals surface area contributed by atoms with Crippen LogP contribution in [0.4, 0.5) is 0 Å². The molecule has 0 bridgehead atoms. The Kier molecular flexibility index (Phi) is 7.41. The van der Waals surface area contributed by atoms with Crippen molar-refractivity contribution in [2.24, 2.45) is 17.8 Å². The van der Waals surface area contributed by atoms with Crippen LogP contribution in [0, 0.1) is 17.8 Å². The Hall–Kier alpha value is -1.72. The van der Waals surface area contributed by atoms with Crippen LogP contribution in [0.3, 0.4) is 0 Å². The van der Waals surface area contributed by atoms with Gasteiger partial charge in [-0.15, -0.1) is 0 Å². The van der Waals surface area contributed by atoms with Gasteiger partial charge in [-0.05, 0) is 55.2 Å². The number of aldehydes is 1. The first-order chi connectivity index (χ1) is 13.2. The molecule has 2 aliphatic heterocycles. The Balaban J connectivity index is 1.52. The zero-order valence-electron chi connectivity index (χ0n) is 16.1. The lowest BCUT2D eigenvalue weighted by atomic mass is 9.82. The number of ether oxygens (including phenoxy) is 3. The third-order valence-electron chi connectivity index (χ3n) is 5.93. The Bertz CT molecular complexity index is 606. The van der Waals surface area contributed by atoms with Crippen molar-refractivity contribution in [1.29, 1.82) is 0 Å². The van der Waals surface area contributed by atoms with Gasteiger partial charge in [0, 0.05) is 38.3 Å². The van der Waals surface area contributed by atoms with Crippen LogP contribution in [0.1, 0.15) is 44.1 Å². The van der Waals surface area contributed by atoms with Crippen molar-refractivity contribution in [3.63, 3.8) is 0 Å². The van der Waals surface area contributed by atoms with Gasteiger partial charge in [-0.2, -0.15) is 0 Å². The standard InChI is InChI=1S/C22H30O5/c1-16(22(24)13-23)12-20-14-26-11-8-19(20)15-27-21-4-2-17(3-5-21)18-6-9-25-10-7-18/h2-5,13,16,18-20H,6-12,14-15H2,1H3. The second kappa shape index (κ2) is 10.00. The first-order valence-electron chi connectivity index (χ1n) is 10.0. The maximum atomic E-state index is 11.6. The monoisotopic (exact) mass is 374 g/mol. The minimum Gasteiger partial charge on any atom is -0.493 e. The van der Waals surface area contributed by atoms with Crippen LogP contribution in [-0.4, -0.2) is 45.1 Å². The van der Waals surface area contributed by atoms with E-state index in [1.165, 1.54) is 5.56 Å². The van der Waals surface area contributed by atoms with E-state index in [0.29, 0.717) is 37.8 Å². The van der Waals surface area contributed by atoms with Crippen LogP contribution < -0.4 is 4.74 Å². The molecule has 27 heavy (non-hydrogen) atoms. The van der Waals surface area contributed by atoms with Gasteiger partial charge < -0.3 is 14.2 Å². The van der Waals surface area contributed by atoms with Crippen LogP contribution in [0.25, 0.3) is 0 Å². The largest absolute Gasteiger partial charge is 0.493 e. The fraction of sp³-hybridized carbons (Fsp3) is 0.636. The summed E-state index contributed by atoms with van der Waals surface area (Å²) < 4.78 is 17.1. The molecule has 1 aromatic rings. The predicted octanol–water partition coefficient (Wildman–Crippen LogP) is 3.41. The van der Waals surface area contributed by atoms with Gasteiger partial charge in [0.25, 0.3) is 0 Å². The number of rotatable bonds is 8. The minimum absolute atomic E-state index is 0.249. The summed E-state index contributed by atoms with van der Waals surface area (Å²) in [6.45, 7) is 5.49. The number of carbonyl (C=O) groups is 2. The normalized spacial score (nSPS) is 24.9. The minimum atomic E-state index is -0.330. The molecule has 2 fully saturated rings. The second-order valence-corrected chi connectivity index (χ2v) is 7.81. The van der Waals surface area contributed by atoms with E-state index in [2.05, 4.69) is 24.3 Å². The summed E-state index contributed by atoms with van der Waals surface area (Å²) in [4.78, 5) is 22.3. The maximum absolute atomic E-state index is 11.6. The Labute approximate surface area is 161 Å². The van der Waals surface area contributed by atoms with Crippen LogP contribution in [0.15, 0.2) is 24.3 Å². The first-order valence-corrected chi connectivity index (χ1v) is 10.0. The molecule has 2 aliphatic rings. The molecular formula is C22H30O5. The zero-order valence-corrected chi connectivity index (χ0v) is 16.1. The third kappa shape index (κ3) is 5.63. The highest BCUT2D eigenvalue weighted by atomic mass is 16.5. The van der Waals surface area contributed by atoms with Crippen LogP contribution in [0.5, 0.6) is 5.75 Å². The van der Waals surface area contributed by atoms with Crippen molar-refractivity contribution >= 4 is 12.1 Å². The lowest BCUT2D eigenvalue weighted by molar-refractivity contribution is -0.133. The van der Waals surface area contributed by atoms with Crippen LogP contribution >= 0.6 is 0 Å². The third-order valence-corrected chi connectivity index (χ3v) is 5.93. The second-order valence-electron chi connectivity index (χ2n) is 7.81. The quantitative estimate of drug-likeness (QED) is 0.515. The number of Topliss-reactive ketones (excluding diaryl/α,β-unsaturated/α-hetero) is 1. The van der Waals surface area contributed by atoms with E-state index >= 15 is 0 Å². The molecule has 3 rings (SSSR count). The first kappa shape index (κ1) is 20.0. The van der Waals surface area contributed by atoms with Gasteiger partial charge in [0.1, 0.15) is 5.75 Å². The Morgan fingerprint density at radius 2 is 1.81 bits per heavy atom. The van der Waals surface area contributed by atoms with Crippen molar-refractivity contribution in [2.45, 2.75) is 38.5 Å². The number of hydrogen-bond donors (Lipinski definition) is 0. The molecule has 0 N–H and O–H groups in total. The highest BCUT2D eigenvalue weighted by molar-refractivity contribution is 6.25. The highest BCUT2D eigenvalue weighted by Crippen LogP contribution is 2.30. The van der Waals surface area contributed by atoms with Gasteiger partial charge in [0.2, 0.25) is 0 Å². The van der Waals surface area contributed by atoms with E-state index in [-0.39, 0.29) is 17.6 Å². The molecule has 2 heterocycles. The molecule has 0 radical (unpaired) electrons. The van der Waals surface area contributed by atoms with Crippen LogP contribution in [-0.2, 0) is 19.1 Å². The molecule has 2 saturated heterocycles. The number of carbonyl (C=O) groups excluding carboxylic acids is 2. The van der Waals surface area contributed by atoms with Gasteiger partial charge >= 0.3 is 0 Å². The fourth-order valence-electron chi connectivity index (χ4n) is 4.08. The summed E-state index contributed by atoms with van der Waals surface area (Å²) in [6, 6.07) is 8.44. The lowest BCUT2D eigenvalue weighted by Crippen LogP contribution is -2.34. The molecule has 0 aromatic heterocycles. The van der Waals surface area contributed by atoms with Gasteiger partial charge in [-0.25, -0.2) is 0 Å². The van der Waals surface area contributed by atoms with E-state index in [9.17, 15) is 9.59 Å². The topological polar surface area (TPSA) is 61.8 Å². The van der Waals surface area contributed by atoms with E-state index in [1.807, 2.05) is 6.92 Å². The Morgan fingerprint density at radius 3 is 2.52 bits per heavy atom. The SMILES string of the molecule is CC(CC1COCCC1COc1ccc(C2CCOCC2)cc1)C(=O)C=O. The van der Waals surface area contributed by atoms with Crippen molar-refractivity contribution in [3.8, 4) is 5.75 Å². The lowest BCUT2D eigenvalue weighted by Gasteiger charge is -2.32. The van der Waals surface area contributed by atoms with Gasteiger partial charge in [0.15, 0.2) is 12.1 Å². The number of ketones is 1. The molecule has 148 valence electrons. The molecule has 3 unspecified atom stereocenters. The van der Waals surface area contributed by atoms with Gasteiger partial charge in [-0.1, -0.05) is 19.1 Å². The molecule has 0 amide bonds. The summed E-state index contributed by atoms with van der Waals surface area (Å²) in [6.07, 6.45) is 4.20. The summed E-state index contributed by atoms with van der Waals surface area (Å²) in [5.41, 5.74) is 1.36. The number of hydrogen-bond acceptors (Lipinski definition) is 5. The van der Waals surface area contributed by atoms with E-state index in [0.717, 1.165) is 44.8 Å². The average molecular weight is 374 g/mol. The summed E-state index contributed by atoms with van der Waals surface area (Å²) in [5, 5.41) is 0. The van der Waals surface area contributed by atoms with E-state index in [1.54, 1.807) is 0 Å². The van der Waals surface area contributed by atoms with Crippen LogP contribution in [0.2, 0.25) is 0 Å². The predicted molar refractivity (Wildman–Crippen MR) is 102 cm³/mol. The zero-order chi connectivity index (χ0) is 19.1. The smallest absolute Gasteiger partial charge is 0.197 e. The molecule has 0 spiro atoms. The Morgan fingerprint density at radius 1 is 1.11 bits per heavy atom. The van der Waals surface area contributed by atoms with Crippen molar-refractivity contribution in [1.82, 2.24) is 0 Å². The van der Waals surface area contributed by atoms with Crippen molar-refractivity contribution in [3.05, 3.63) is 29.8 Å². The fourth-order valence-corrected chi connectivity index (χ4v) is 4.08. The summed E-state index contributed by atoms with van der Waals surface area (Å²) in [5.74, 6) is 1.48. The number of benzene rings is 1. The highest BCUT2D eigenvalue weighted by Gasteiger charge is 2.29. The average Bonchev–Trinajstić information content (AvgIpc) is 2.73. The van der Waals surface area contributed by atoms with E-state index in [4.69, 9.17) is 14.2 Å². The molecule has 5 heteroatoms. The molecule has 0 aliphatic carbocycles. The van der Waals surface area contributed by atoms with E-state index < -0.39 is 0 Å². The summed E-state index contributed by atoms with van der Waals surface area (Å²) >= 11 is 0. The molecule has 3 atom stereocenters. The van der Waals surface area contributed by atoms with Gasteiger partial charge in [0.05, 0.1) is 6.61 Å². The van der Waals surface area contributed by atoms with Crippen molar-refractivity contribution < 1.29 is 23.8 Å². The van der Waals surface area contributed by atoms with Crippen molar-refractivity contribution in [2.75, 3.05) is 33.0 Å². The maximum Gasteiger partial charge on any atom is 0.197 e. The summed E-state index contributed by atoms with van der Waals surface area (Å²) in [7, 11) is 0. The molecule has 1 aromatic carbocycles.